The number of amidine groups is 1. The Hall–Kier alpha value is -2.57. The third-order valence-electron chi connectivity index (χ3n) is 2.58. The monoisotopic (exact) mass is 321 g/mol. The predicted octanol–water partition coefficient (Wildman–Crippen LogP) is 2.78. The van der Waals surface area contributed by atoms with E-state index >= 15 is 0 Å². The maximum atomic E-state index is 11.6. The minimum absolute atomic E-state index is 0.0462. The van der Waals surface area contributed by atoms with Crippen LogP contribution in [0.25, 0.3) is 0 Å². The van der Waals surface area contributed by atoms with Gasteiger partial charge in [0.15, 0.2) is 0 Å². The predicted molar refractivity (Wildman–Crippen MR) is 86.5 cm³/mol. The number of carbonyl (C=O) groups is 2. The number of amides is 2. The highest BCUT2D eigenvalue weighted by atomic mass is 16.6. The van der Waals surface area contributed by atoms with E-state index in [9.17, 15) is 9.59 Å². The second-order valence-corrected chi connectivity index (χ2v) is 5.77. The van der Waals surface area contributed by atoms with Crippen molar-refractivity contribution in [2.75, 3.05) is 6.61 Å². The molecular formula is C16H23N3O4. The summed E-state index contributed by atoms with van der Waals surface area (Å²) in [7, 11) is 0. The number of ether oxygens (including phenoxy) is 2. The van der Waals surface area contributed by atoms with Gasteiger partial charge in [-0.3, -0.25) is 10.7 Å². The molecule has 0 spiro atoms. The SMILES string of the molecule is CCOC(=O)NC(=N)c1ccc(CNC(=O)OC(C)(C)C)cc1. The molecule has 0 unspecified atom stereocenters. The lowest BCUT2D eigenvalue weighted by molar-refractivity contribution is 0.0523. The molecule has 0 aromatic heterocycles. The van der Waals surface area contributed by atoms with Gasteiger partial charge >= 0.3 is 12.2 Å². The summed E-state index contributed by atoms with van der Waals surface area (Å²) in [4.78, 5) is 22.8. The fraction of sp³-hybridized carbons (Fsp3) is 0.438. The molecular weight excluding hydrogens is 298 g/mol. The first kappa shape index (κ1) is 18.5. The van der Waals surface area contributed by atoms with Gasteiger partial charge in [0.05, 0.1) is 6.61 Å². The Labute approximate surface area is 135 Å². The molecule has 23 heavy (non-hydrogen) atoms. The molecule has 3 N–H and O–H groups in total. The van der Waals surface area contributed by atoms with Gasteiger partial charge in [-0.05, 0) is 33.3 Å². The molecule has 0 saturated carbocycles. The van der Waals surface area contributed by atoms with Crippen molar-refractivity contribution in [2.45, 2.75) is 39.8 Å². The van der Waals surface area contributed by atoms with E-state index in [1.807, 2.05) is 0 Å². The number of nitrogens with one attached hydrogen (secondary N) is 3. The quantitative estimate of drug-likeness (QED) is 0.586. The van der Waals surface area contributed by atoms with Crippen LogP contribution in [-0.2, 0) is 16.0 Å². The highest BCUT2D eigenvalue weighted by Gasteiger charge is 2.15. The number of carbonyl (C=O) groups excluding carboxylic acids is 2. The molecule has 7 heteroatoms. The van der Waals surface area contributed by atoms with E-state index in [1.165, 1.54) is 0 Å². The lowest BCUT2D eigenvalue weighted by Crippen LogP contribution is -2.32. The first-order chi connectivity index (χ1) is 10.7. The lowest BCUT2D eigenvalue weighted by Gasteiger charge is -2.19. The molecule has 0 saturated heterocycles. The third-order valence-corrected chi connectivity index (χ3v) is 2.58. The molecule has 0 aliphatic rings. The van der Waals surface area contributed by atoms with Gasteiger partial charge in [-0.15, -0.1) is 0 Å². The second kappa shape index (κ2) is 8.17. The van der Waals surface area contributed by atoms with Crippen LogP contribution in [-0.4, -0.2) is 30.2 Å². The highest BCUT2D eigenvalue weighted by Crippen LogP contribution is 2.08. The van der Waals surface area contributed by atoms with Gasteiger partial charge in [-0.25, -0.2) is 9.59 Å². The Bertz CT molecular complexity index is 562. The second-order valence-electron chi connectivity index (χ2n) is 5.77. The van der Waals surface area contributed by atoms with Crippen LogP contribution in [0, 0.1) is 5.41 Å². The molecule has 0 atom stereocenters. The zero-order valence-electron chi connectivity index (χ0n) is 13.9. The van der Waals surface area contributed by atoms with Crippen LogP contribution in [0.1, 0.15) is 38.8 Å². The van der Waals surface area contributed by atoms with Gasteiger partial charge in [-0.1, -0.05) is 24.3 Å². The van der Waals surface area contributed by atoms with Gasteiger partial charge in [0, 0.05) is 12.1 Å². The highest BCUT2D eigenvalue weighted by molar-refractivity contribution is 6.04. The summed E-state index contributed by atoms with van der Waals surface area (Å²) in [6.45, 7) is 7.63. The maximum Gasteiger partial charge on any atom is 0.412 e. The molecule has 0 bridgehead atoms. The van der Waals surface area contributed by atoms with E-state index in [-0.39, 0.29) is 12.4 Å². The summed E-state index contributed by atoms with van der Waals surface area (Å²) in [5.74, 6) is -0.0462. The topological polar surface area (TPSA) is 101 Å². The van der Waals surface area contributed by atoms with Crippen LogP contribution in [0.2, 0.25) is 0 Å². The molecule has 0 radical (unpaired) electrons. The Balaban J connectivity index is 2.52. The molecule has 0 aliphatic carbocycles. The van der Waals surface area contributed by atoms with Crippen molar-refractivity contribution in [3.63, 3.8) is 0 Å². The van der Waals surface area contributed by atoms with Crippen LogP contribution >= 0.6 is 0 Å². The van der Waals surface area contributed by atoms with Crippen molar-refractivity contribution in [1.82, 2.24) is 10.6 Å². The lowest BCUT2D eigenvalue weighted by atomic mass is 10.1. The average molecular weight is 321 g/mol. The van der Waals surface area contributed by atoms with Crippen molar-refractivity contribution in [1.29, 1.82) is 5.41 Å². The van der Waals surface area contributed by atoms with Crippen molar-refractivity contribution < 1.29 is 19.1 Å². The zero-order chi connectivity index (χ0) is 17.5. The zero-order valence-corrected chi connectivity index (χ0v) is 13.9. The minimum atomic E-state index is -0.659. The van der Waals surface area contributed by atoms with Crippen LogP contribution in [0.15, 0.2) is 24.3 Å². The molecule has 7 nitrogen and oxygen atoms in total. The summed E-state index contributed by atoms with van der Waals surface area (Å²) >= 11 is 0. The first-order valence-electron chi connectivity index (χ1n) is 7.29. The van der Waals surface area contributed by atoms with Gasteiger partial charge < -0.3 is 14.8 Å². The normalized spacial score (nSPS) is 10.6. The van der Waals surface area contributed by atoms with Crippen molar-refractivity contribution in [2.24, 2.45) is 0 Å². The van der Waals surface area contributed by atoms with Crippen LogP contribution in [0.5, 0.6) is 0 Å². The standard InChI is InChI=1S/C16H23N3O4/c1-5-22-15(21)19-13(17)12-8-6-11(7-9-12)10-18-14(20)23-16(2,3)4/h6-9H,5,10H2,1-4H3,(H,18,20)(H2,17,19,21). The van der Waals surface area contributed by atoms with E-state index in [0.29, 0.717) is 12.1 Å². The van der Waals surface area contributed by atoms with E-state index < -0.39 is 17.8 Å². The molecule has 0 fully saturated rings. The molecule has 126 valence electrons. The van der Waals surface area contributed by atoms with Gasteiger partial charge in [0.25, 0.3) is 0 Å². The number of hydrogen-bond acceptors (Lipinski definition) is 5. The summed E-state index contributed by atoms with van der Waals surface area (Å²) in [5, 5.41) is 12.7. The van der Waals surface area contributed by atoms with Crippen LogP contribution in [0.4, 0.5) is 9.59 Å². The Kier molecular flexibility index (Phi) is 6.56. The fourth-order valence-corrected chi connectivity index (χ4v) is 1.62. The largest absolute Gasteiger partial charge is 0.450 e. The molecule has 2 amide bonds. The first-order valence-corrected chi connectivity index (χ1v) is 7.29. The Morgan fingerprint density at radius 2 is 1.74 bits per heavy atom. The van der Waals surface area contributed by atoms with Crippen molar-refractivity contribution >= 4 is 18.0 Å². The fourth-order valence-electron chi connectivity index (χ4n) is 1.62. The molecule has 1 aromatic rings. The molecule has 0 aliphatic heterocycles. The Morgan fingerprint density at radius 3 is 2.26 bits per heavy atom. The number of hydrogen-bond donors (Lipinski definition) is 3. The van der Waals surface area contributed by atoms with E-state index in [0.717, 1.165) is 5.56 Å². The van der Waals surface area contributed by atoms with E-state index in [2.05, 4.69) is 10.6 Å². The van der Waals surface area contributed by atoms with Gasteiger partial charge in [0.2, 0.25) is 0 Å². The van der Waals surface area contributed by atoms with E-state index in [1.54, 1.807) is 52.0 Å². The summed E-state index contributed by atoms with van der Waals surface area (Å²) in [5.41, 5.74) is 0.851. The molecule has 1 aromatic carbocycles. The van der Waals surface area contributed by atoms with Crippen molar-refractivity contribution in [3.8, 4) is 0 Å². The smallest absolute Gasteiger partial charge is 0.412 e. The third kappa shape index (κ3) is 7.30. The van der Waals surface area contributed by atoms with Crippen molar-refractivity contribution in [3.05, 3.63) is 35.4 Å². The minimum Gasteiger partial charge on any atom is -0.450 e. The average Bonchev–Trinajstić information content (AvgIpc) is 2.44. The maximum absolute atomic E-state index is 11.6. The van der Waals surface area contributed by atoms with Gasteiger partial charge in [0.1, 0.15) is 11.4 Å². The molecule has 0 heterocycles. The Morgan fingerprint density at radius 1 is 1.13 bits per heavy atom. The number of benzene rings is 1. The number of alkyl carbamates (subject to hydrolysis) is 2. The van der Waals surface area contributed by atoms with Crippen LogP contribution in [0.3, 0.4) is 0 Å². The van der Waals surface area contributed by atoms with E-state index in [4.69, 9.17) is 14.9 Å². The summed E-state index contributed by atoms with van der Waals surface area (Å²) in [6.07, 6.45) is -1.15. The summed E-state index contributed by atoms with van der Waals surface area (Å²) in [6, 6.07) is 6.88. The summed E-state index contributed by atoms with van der Waals surface area (Å²) < 4.78 is 9.85. The van der Waals surface area contributed by atoms with Crippen LogP contribution < -0.4 is 10.6 Å². The molecule has 1 rings (SSSR count). The number of rotatable bonds is 4. The van der Waals surface area contributed by atoms with Gasteiger partial charge in [-0.2, -0.15) is 0 Å².